The zero-order valence-electron chi connectivity index (χ0n) is 9.30. The average molecular weight is 168 g/mol. The van der Waals surface area contributed by atoms with Gasteiger partial charge in [-0.25, -0.2) is 0 Å². The van der Waals surface area contributed by atoms with Gasteiger partial charge in [0.15, 0.2) is 0 Å². The summed E-state index contributed by atoms with van der Waals surface area (Å²) in [6.45, 7) is 12.1. The van der Waals surface area contributed by atoms with E-state index in [9.17, 15) is 0 Å². The van der Waals surface area contributed by atoms with E-state index < -0.39 is 0 Å². The molecule has 5 unspecified atom stereocenters. The summed E-state index contributed by atoms with van der Waals surface area (Å²) in [4.78, 5) is 0. The molecule has 0 aliphatic heterocycles. The highest BCUT2D eigenvalue weighted by molar-refractivity contribution is 4.84. The molecule has 0 spiro atoms. The summed E-state index contributed by atoms with van der Waals surface area (Å²) >= 11 is 0. The summed E-state index contributed by atoms with van der Waals surface area (Å²) in [6.07, 6.45) is 2.84. The average Bonchev–Trinajstić information content (AvgIpc) is 2.08. The zero-order chi connectivity index (χ0) is 9.30. The second kappa shape index (κ2) is 3.81. The normalized spacial score (nSPS) is 49.2. The number of rotatable bonds is 1. The molecule has 1 rings (SSSR count). The van der Waals surface area contributed by atoms with Crippen LogP contribution >= 0.6 is 0 Å². The first-order valence-electron chi connectivity index (χ1n) is 5.57. The SMILES string of the molecule is CCC1CC(C)C(C)C(C)C1C. The lowest BCUT2D eigenvalue weighted by Gasteiger charge is -2.42. The third kappa shape index (κ3) is 1.67. The molecule has 72 valence electrons. The van der Waals surface area contributed by atoms with E-state index in [0.717, 1.165) is 29.6 Å². The van der Waals surface area contributed by atoms with Crippen molar-refractivity contribution in [1.29, 1.82) is 0 Å². The van der Waals surface area contributed by atoms with E-state index in [4.69, 9.17) is 0 Å². The lowest BCUT2D eigenvalue weighted by Crippen LogP contribution is -2.34. The van der Waals surface area contributed by atoms with Gasteiger partial charge < -0.3 is 0 Å². The van der Waals surface area contributed by atoms with Gasteiger partial charge in [0, 0.05) is 0 Å². The van der Waals surface area contributed by atoms with Crippen LogP contribution in [0.25, 0.3) is 0 Å². The van der Waals surface area contributed by atoms with Crippen LogP contribution in [-0.2, 0) is 0 Å². The van der Waals surface area contributed by atoms with Gasteiger partial charge in [-0.3, -0.25) is 0 Å². The lowest BCUT2D eigenvalue weighted by molar-refractivity contribution is 0.0737. The van der Waals surface area contributed by atoms with E-state index in [1.165, 1.54) is 12.8 Å². The van der Waals surface area contributed by atoms with Crippen molar-refractivity contribution in [3.05, 3.63) is 0 Å². The quantitative estimate of drug-likeness (QED) is 0.556. The Morgan fingerprint density at radius 3 is 2.00 bits per heavy atom. The second-order valence-corrected chi connectivity index (χ2v) is 4.96. The fourth-order valence-corrected chi connectivity index (χ4v) is 2.87. The van der Waals surface area contributed by atoms with E-state index >= 15 is 0 Å². The Labute approximate surface area is 77.7 Å². The highest BCUT2D eigenvalue weighted by atomic mass is 14.4. The molecule has 0 heteroatoms. The fraction of sp³-hybridized carbons (Fsp3) is 1.00. The van der Waals surface area contributed by atoms with Crippen molar-refractivity contribution in [2.24, 2.45) is 29.6 Å². The van der Waals surface area contributed by atoms with Crippen molar-refractivity contribution in [2.75, 3.05) is 0 Å². The van der Waals surface area contributed by atoms with Crippen LogP contribution in [-0.4, -0.2) is 0 Å². The molecule has 0 radical (unpaired) electrons. The third-order valence-electron chi connectivity index (χ3n) is 4.50. The van der Waals surface area contributed by atoms with E-state index in [2.05, 4.69) is 34.6 Å². The van der Waals surface area contributed by atoms with Gasteiger partial charge in [0.2, 0.25) is 0 Å². The lowest BCUT2D eigenvalue weighted by atomic mass is 9.63. The van der Waals surface area contributed by atoms with Crippen LogP contribution in [0.15, 0.2) is 0 Å². The van der Waals surface area contributed by atoms with Gasteiger partial charge in [-0.15, -0.1) is 0 Å². The Morgan fingerprint density at radius 1 is 0.917 bits per heavy atom. The first-order valence-corrected chi connectivity index (χ1v) is 5.57. The molecule has 0 heterocycles. The van der Waals surface area contributed by atoms with Gasteiger partial charge in [-0.05, 0) is 36.0 Å². The Morgan fingerprint density at radius 2 is 1.50 bits per heavy atom. The van der Waals surface area contributed by atoms with Crippen LogP contribution in [0.2, 0.25) is 0 Å². The molecule has 5 atom stereocenters. The molecular formula is C12H24. The molecule has 0 aromatic carbocycles. The first kappa shape index (κ1) is 10.1. The molecule has 1 fully saturated rings. The summed E-state index contributed by atoms with van der Waals surface area (Å²) in [5.41, 5.74) is 0. The van der Waals surface area contributed by atoms with Crippen LogP contribution in [0, 0.1) is 29.6 Å². The van der Waals surface area contributed by atoms with Crippen LogP contribution in [0.1, 0.15) is 47.5 Å². The molecule has 1 aliphatic rings. The summed E-state index contributed by atoms with van der Waals surface area (Å²) in [5.74, 6) is 4.75. The summed E-state index contributed by atoms with van der Waals surface area (Å²) in [5, 5.41) is 0. The van der Waals surface area contributed by atoms with E-state index in [1.54, 1.807) is 0 Å². The molecule has 0 nitrogen and oxygen atoms in total. The Balaban J connectivity index is 2.63. The minimum absolute atomic E-state index is 0.929. The second-order valence-electron chi connectivity index (χ2n) is 4.96. The zero-order valence-corrected chi connectivity index (χ0v) is 9.30. The fourth-order valence-electron chi connectivity index (χ4n) is 2.87. The van der Waals surface area contributed by atoms with Gasteiger partial charge in [-0.1, -0.05) is 41.0 Å². The van der Waals surface area contributed by atoms with Crippen LogP contribution in [0.4, 0.5) is 0 Å². The molecule has 1 aliphatic carbocycles. The Bertz CT molecular complexity index is 134. The largest absolute Gasteiger partial charge is 0.0651 e. The van der Waals surface area contributed by atoms with Crippen LogP contribution in [0.5, 0.6) is 0 Å². The molecule has 0 N–H and O–H groups in total. The Hall–Kier alpha value is 0. The van der Waals surface area contributed by atoms with Gasteiger partial charge in [0.1, 0.15) is 0 Å². The summed E-state index contributed by atoms with van der Waals surface area (Å²) in [7, 11) is 0. The van der Waals surface area contributed by atoms with Crippen molar-refractivity contribution in [1.82, 2.24) is 0 Å². The molecule has 12 heavy (non-hydrogen) atoms. The van der Waals surface area contributed by atoms with E-state index in [-0.39, 0.29) is 0 Å². The van der Waals surface area contributed by atoms with E-state index in [0.29, 0.717) is 0 Å². The van der Waals surface area contributed by atoms with Gasteiger partial charge in [0.25, 0.3) is 0 Å². The molecule has 0 saturated heterocycles. The van der Waals surface area contributed by atoms with Crippen molar-refractivity contribution < 1.29 is 0 Å². The maximum absolute atomic E-state index is 2.45. The van der Waals surface area contributed by atoms with Crippen LogP contribution < -0.4 is 0 Å². The highest BCUT2D eigenvalue weighted by Gasteiger charge is 2.34. The third-order valence-corrected chi connectivity index (χ3v) is 4.50. The maximum Gasteiger partial charge on any atom is -0.0386 e. The predicted molar refractivity (Wildman–Crippen MR) is 55.1 cm³/mol. The van der Waals surface area contributed by atoms with Crippen molar-refractivity contribution in [3.8, 4) is 0 Å². The van der Waals surface area contributed by atoms with Crippen molar-refractivity contribution >= 4 is 0 Å². The minimum Gasteiger partial charge on any atom is -0.0651 e. The molecule has 0 aromatic heterocycles. The summed E-state index contributed by atoms with van der Waals surface area (Å²) in [6, 6.07) is 0. The van der Waals surface area contributed by atoms with Crippen molar-refractivity contribution in [2.45, 2.75) is 47.5 Å². The minimum atomic E-state index is 0.929. The maximum atomic E-state index is 2.45. The first-order chi connectivity index (χ1) is 5.57. The van der Waals surface area contributed by atoms with E-state index in [1.807, 2.05) is 0 Å². The molecule has 0 amide bonds. The number of hydrogen-bond donors (Lipinski definition) is 0. The molecule has 0 bridgehead atoms. The predicted octanol–water partition coefficient (Wildman–Crippen LogP) is 3.96. The molecule has 1 saturated carbocycles. The highest BCUT2D eigenvalue weighted by Crippen LogP contribution is 2.42. The van der Waals surface area contributed by atoms with Crippen LogP contribution in [0.3, 0.4) is 0 Å². The van der Waals surface area contributed by atoms with Gasteiger partial charge in [-0.2, -0.15) is 0 Å². The van der Waals surface area contributed by atoms with Crippen molar-refractivity contribution in [3.63, 3.8) is 0 Å². The standard InChI is InChI=1S/C12H24/c1-6-12-7-8(2)9(3)10(4)11(12)5/h8-12H,6-7H2,1-5H3. The molecule has 0 aromatic rings. The van der Waals surface area contributed by atoms with Gasteiger partial charge in [0.05, 0.1) is 0 Å². The monoisotopic (exact) mass is 168 g/mol. The number of hydrogen-bond acceptors (Lipinski definition) is 0. The topological polar surface area (TPSA) is 0 Å². The smallest absolute Gasteiger partial charge is 0.0386 e. The van der Waals surface area contributed by atoms with Gasteiger partial charge >= 0.3 is 0 Å². The Kier molecular flexibility index (Phi) is 3.20. The molecular weight excluding hydrogens is 144 g/mol. The summed E-state index contributed by atoms with van der Waals surface area (Å²) < 4.78 is 0.